The van der Waals surface area contributed by atoms with E-state index in [0.717, 1.165) is 33.1 Å². The number of nitrogens with zero attached hydrogens (tertiary/aromatic N) is 6. The molecule has 196 valence electrons. The third kappa shape index (κ3) is 4.14. The monoisotopic (exact) mass is 538 g/mol. The van der Waals surface area contributed by atoms with Gasteiger partial charge in [-0.25, -0.2) is 19.9 Å². The lowest BCUT2D eigenvalue weighted by molar-refractivity contribution is 1.05. The van der Waals surface area contributed by atoms with Crippen molar-refractivity contribution < 1.29 is 0 Å². The maximum absolute atomic E-state index is 5.13. The quantitative estimate of drug-likeness (QED) is 0.210. The second-order valence-corrected chi connectivity index (χ2v) is 10.0. The van der Waals surface area contributed by atoms with E-state index in [9.17, 15) is 0 Å². The first-order chi connectivity index (χ1) is 20.8. The van der Waals surface area contributed by atoms with Crippen LogP contribution >= 0.6 is 0 Å². The second kappa shape index (κ2) is 9.94. The molecule has 0 saturated heterocycles. The number of hydrogen-bond donors (Lipinski definition) is 0. The van der Waals surface area contributed by atoms with E-state index in [1.165, 1.54) is 16.2 Å². The summed E-state index contributed by atoms with van der Waals surface area (Å²) in [6, 6.07) is 40.9. The van der Waals surface area contributed by atoms with Crippen LogP contribution in [-0.2, 0) is 0 Å². The minimum Gasteiger partial charge on any atom is -0.253 e. The van der Waals surface area contributed by atoms with Crippen LogP contribution in [-0.4, -0.2) is 29.9 Å². The summed E-state index contributed by atoms with van der Waals surface area (Å²) in [5.41, 5.74) is 5.15. The van der Waals surface area contributed by atoms with Gasteiger partial charge in [-0.1, -0.05) is 91.0 Å². The molecule has 8 rings (SSSR count). The molecular formula is C36H22N6. The number of pyridine rings is 3. The third-order valence-electron chi connectivity index (χ3n) is 7.43. The summed E-state index contributed by atoms with van der Waals surface area (Å²) in [5.74, 6) is 1.55. The summed E-state index contributed by atoms with van der Waals surface area (Å²) in [4.78, 5) is 28.4. The highest BCUT2D eigenvalue weighted by Crippen LogP contribution is 2.37. The molecule has 0 saturated carbocycles. The molecule has 0 unspecified atom stereocenters. The highest BCUT2D eigenvalue weighted by Gasteiger charge is 2.16. The smallest absolute Gasteiger partial charge is 0.182 e. The van der Waals surface area contributed by atoms with Gasteiger partial charge in [0, 0.05) is 39.7 Å². The molecule has 0 aliphatic rings. The van der Waals surface area contributed by atoms with Crippen molar-refractivity contribution >= 4 is 32.4 Å². The Hall–Kier alpha value is -5.88. The number of hydrogen-bond acceptors (Lipinski definition) is 6. The zero-order valence-electron chi connectivity index (χ0n) is 22.4. The van der Waals surface area contributed by atoms with E-state index in [4.69, 9.17) is 19.9 Å². The summed E-state index contributed by atoms with van der Waals surface area (Å²) < 4.78 is 0. The van der Waals surface area contributed by atoms with Gasteiger partial charge in [0.05, 0.1) is 11.2 Å². The van der Waals surface area contributed by atoms with Crippen molar-refractivity contribution in [3.05, 3.63) is 134 Å². The fourth-order valence-corrected chi connectivity index (χ4v) is 5.44. The minimum atomic E-state index is 0.499. The Morgan fingerprint density at radius 2 is 0.976 bits per heavy atom. The molecule has 4 aromatic heterocycles. The topological polar surface area (TPSA) is 77.3 Å². The molecular weight excluding hydrogens is 516 g/mol. The predicted molar refractivity (Wildman–Crippen MR) is 167 cm³/mol. The number of aromatic nitrogens is 6. The van der Waals surface area contributed by atoms with Crippen molar-refractivity contribution in [2.24, 2.45) is 0 Å². The van der Waals surface area contributed by atoms with Gasteiger partial charge in [0.15, 0.2) is 17.5 Å². The predicted octanol–water partition coefficient (Wildman–Crippen LogP) is 8.18. The van der Waals surface area contributed by atoms with Crippen molar-refractivity contribution in [3.8, 4) is 45.7 Å². The molecule has 6 heteroatoms. The fraction of sp³-hybridized carbons (Fsp3) is 0. The summed E-state index contributed by atoms with van der Waals surface area (Å²) in [5, 5.41) is 5.93. The van der Waals surface area contributed by atoms with Crippen LogP contribution in [0.15, 0.2) is 134 Å². The van der Waals surface area contributed by atoms with Crippen LogP contribution in [0.5, 0.6) is 0 Å². The van der Waals surface area contributed by atoms with Gasteiger partial charge in [0.1, 0.15) is 11.4 Å². The molecule has 0 atom stereocenters. The molecule has 0 amide bonds. The van der Waals surface area contributed by atoms with Crippen molar-refractivity contribution in [2.45, 2.75) is 0 Å². The highest BCUT2D eigenvalue weighted by molar-refractivity contribution is 6.22. The van der Waals surface area contributed by atoms with Crippen molar-refractivity contribution in [3.63, 3.8) is 0 Å². The molecule has 0 aliphatic heterocycles. The second-order valence-electron chi connectivity index (χ2n) is 10.0. The third-order valence-corrected chi connectivity index (χ3v) is 7.43. The average Bonchev–Trinajstić information content (AvgIpc) is 3.08. The van der Waals surface area contributed by atoms with Gasteiger partial charge in [-0.15, -0.1) is 0 Å². The molecule has 0 aliphatic carbocycles. The van der Waals surface area contributed by atoms with Crippen LogP contribution in [0.1, 0.15) is 0 Å². The molecule has 42 heavy (non-hydrogen) atoms. The van der Waals surface area contributed by atoms with Crippen molar-refractivity contribution in [1.82, 2.24) is 29.9 Å². The zero-order chi connectivity index (χ0) is 27.9. The summed E-state index contributed by atoms with van der Waals surface area (Å²) in [7, 11) is 0. The van der Waals surface area contributed by atoms with Crippen LogP contribution in [0.4, 0.5) is 0 Å². The number of para-hydroxylation sites is 1. The molecule has 0 radical (unpaired) electrons. The van der Waals surface area contributed by atoms with E-state index < -0.39 is 0 Å². The average molecular weight is 539 g/mol. The summed E-state index contributed by atoms with van der Waals surface area (Å²) in [6.45, 7) is 0. The van der Waals surface area contributed by atoms with Gasteiger partial charge in [-0.2, -0.15) is 0 Å². The maximum atomic E-state index is 5.13. The lowest BCUT2D eigenvalue weighted by Crippen LogP contribution is -2.01. The van der Waals surface area contributed by atoms with Crippen molar-refractivity contribution in [1.29, 1.82) is 0 Å². The maximum Gasteiger partial charge on any atom is 0.182 e. The number of rotatable bonds is 4. The van der Waals surface area contributed by atoms with Crippen LogP contribution in [0.2, 0.25) is 0 Å². The highest BCUT2D eigenvalue weighted by atomic mass is 15.1. The van der Waals surface area contributed by atoms with Gasteiger partial charge in [-0.3, -0.25) is 9.97 Å². The Balaban J connectivity index is 1.28. The van der Waals surface area contributed by atoms with Crippen LogP contribution < -0.4 is 0 Å². The van der Waals surface area contributed by atoms with E-state index in [0.29, 0.717) is 28.9 Å². The van der Waals surface area contributed by atoms with E-state index in [2.05, 4.69) is 76.7 Å². The molecule has 0 fully saturated rings. The number of benzene rings is 4. The summed E-state index contributed by atoms with van der Waals surface area (Å²) in [6.07, 6.45) is 3.47. The fourth-order valence-electron chi connectivity index (χ4n) is 5.44. The van der Waals surface area contributed by atoms with Gasteiger partial charge in [0.2, 0.25) is 0 Å². The minimum absolute atomic E-state index is 0.499. The first kappa shape index (κ1) is 24.0. The lowest BCUT2D eigenvalue weighted by atomic mass is 9.95. The Morgan fingerprint density at radius 3 is 1.67 bits per heavy atom. The van der Waals surface area contributed by atoms with Gasteiger partial charge in [0.25, 0.3) is 0 Å². The van der Waals surface area contributed by atoms with Gasteiger partial charge >= 0.3 is 0 Å². The van der Waals surface area contributed by atoms with E-state index in [-0.39, 0.29) is 0 Å². The van der Waals surface area contributed by atoms with E-state index in [1.807, 2.05) is 54.6 Å². The molecule has 0 spiro atoms. The summed E-state index contributed by atoms with van der Waals surface area (Å²) >= 11 is 0. The lowest BCUT2D eigenvalue weighted by Gasteiger charge is -2.13. The first-order valence-electron chi connectivity index (χ1n) is 13.7. The largest absolute Gasteiger partial charge is 0.253 e. The Morgan fingerprint density at radius 1 is 0.381 bits per heavy atom. The van der Waals surface area contributed by atoms with Gasteiger partial charge in [-0.05, 0) is 41.1 Å². The molecule has 8 aromatic rings. The standard InChI is InChI=1S/C36H22N6/c1-2-10-26-23(9-1)19-20-28-32(26)27-11-3-4-12-29(27)39-33(28)24-15-17-25(18-16-24)34-40-35(30-13-5-7-21-37-30)42-36(41-34)31-14-6-8-22-38-31/h1-22H. The van der Waals surface area contributed by atoms with Crippen molar-refractivity contribution in [2.75, 3.05) is 0 Å². The SMILES string of the molecule is c1ccc(-c2nc(-c3ccc(-c4nc5ccccc5c5c4ccc4ccccc45)cc3)nc(-c3ccccn3)n2)nc1. The van der Waals surface area contributed by atoms with Crippen LogP contribution in [0.3, 0.4) is 0 Å². The number of fused-ring (bicyclic) bond motifs is 5. The van der Waals surface area contributed by atoms with E-state index in [1.54, 1.807) is 12.4 Å². The molecule has 0 bridgehead atoms. The van der Waals surface area contributed by atoms with Crippen LogP contribution in [0.25, 0.3) is 78.1 Å². The molecule has 0 N–H and O–H groups in total. The first-order valence-corrected chi connectivity index (χ1v) is 13.7. The Labute approximate surface area is 241 Å². The molecule has 6 nitrogen and oxygen atoms in total. The zero-order valence-corrected chi connectivity index (χ0v) is 22.4. The molecule has 4 heterocycles. The normalized spacial score (nSPS) is 11.3. The van der Waals surface area contributed by atoms with E-state index >= 15 is 0 Å². The van der Waals surface area contributed by atoms with Crippen LogP contribution in [0, 0.1) is 0 Å². The van der Waals surface area contributed by atoms with Gasteiger partial charge < -0.3 is 0 Å². The Kier molecular flexibility index (Phi) is 5.67. The molecule has 4 aromatic carbocycles. The Bertz CT molecular complexity index is 2160.